The van der Waals surface area contributed by atoms with Gasteiger partial charge < -0.3 is 9.84 Å². The molecule has 0 heterocycles. The maximum Gasteiger partial charge on any atom is 0.340 e. The van der Waals surface area contributed by atoms with Crippen LogP contribution in [-0.2, 0) is 9.53 Å². The van der Waals surface area contributed by atoms with Crippen molar-refractivity contribution in [2.24, 2.45) is 0 Å². The molecule has 1 rings (SSSR count). The van der Waals surface area contributed by atoms with Gasteiger partial charge in [-0.05, 0) is 25.1 Å². The highest BCUT2D eigenvalue weighted by Gasteiger charge is 2.30. The minimum Gasteiger partial charge on any atom is -0.481 e. The van der Waals surface area contributed by atoms with E-state index in [0.717, 1.165) is 0 Å². The van der Waals surface area contributed by atoms with E-state index in [9.17, 15) is 9.59 Å². The molecule has 106 valence electrons. The largest absolute Gasteiger partial charge is 0.481 e. The van der Waals surface area contributed by atoms with Crippen LogP contribution in [0.5, 0.6) is 0 Å². The Morgan fingerprint density at radius 1 is 1.45 bits per heavy atom. The molecule has 0 aliphatic heterocycles. The van der Waals surface area contributed by atoms with Crippen molar-refractivity contribution in [2.75, 3.05) is 0 Å². The second-order valence-corrected chi connectivity index (χ2v) is 5.33. The number of benzene rings is 1. The van der Waals surface area contributed by atoms with Gasteiger partial charge in [-0.2, -0.15) is 5.26 Å². The first-order valence-corrected chi connectivity index (χ1v) is 6.55. The van der Waals surface area contributed by atoms with Gasteiger partial charge in [0.1, 0.15) is 6.07 Å². The molecule has 0 bridgehead atoms. The van der Waals surface area contributed by atoms with E-state index in [1.807, 2.05) is 6.07 Å². The van der Waals surface area contributed by atoms with Crippen molar-refractivity contribution >= 4 is 37.2 Å². The summed E-state index contributed by atoms with van der Waals surface area (Å²) < 4.78 is 5.11. The van der Waals surface area contributed by atoms with E-state index >= 15 is 0 Å². The lowest BCUT2D eigenvalue weighted by atomic mass is 10.0. The molecule has 7 heteroatoms. The van der Waals surface area contributed by atoms with E-state index in [0.29, 0.717) is 9.79 Å². The summed E-state index contributed by atoms with van der Waals surface area (Å²) >= 11 is 8.26. The zero-order valence-corrected chi connectivity index (χ0v) is 12.4. The van der Waals surface area contributed by atoms with E-state index in [1.54, 1.807) is 12.1 Å². The smallest absolute Gasteiger partial charge is 0.340 e. The number of ether oxygens (including phenoxy) is 1. The molecule has 1 atom stereocenters. The molecule has 0 saturated carbocycles. The zero-order valence-electron chi connectivity index (χ0n) is 10.7. The number of carbonyl (C=O) groups excluding carboxylic acids is 1. The minimum atomic E-state index is -1.49. The number of carbonyl (C=O) groups is 2. The van der Waals surface area contributed by atoms with E-state index in [-0.39, 0.29) is 18.4 Å². The highest BCUT2D eigenvalue weighted by atomic mass is 32.1. The molecule has 0 saturated heterocycles. The lowest BCUT2D eigenvalue weighted by molar-refractivity contribution is -0.138. The van der Waals surface area contributed by atoms with Crippen LogP contribution in [0.1, 0.15) is 30.1 Å². The third-order valence-corrected chi connectivity index (χ3v) is 3.22. The van der Waals surface area contributed by atoms with Crippen molar-refractivity contribution in [1.29, 1.82) is 5.26 Å². The highest BCUT2D eigenvalue weighted by Crippen LogP contribution is 2.23. The Morgan fingerprint density at radius 2 is 2.10 bits per heavy atom. The normalized spacial score (nSPS) is 13.1. The number of carboxylic acid groups (broad SMARTS) is 1. The lowest BCUT2D eigenvalue weighted by Gasteiger charge is -2.21. The van der Waals surface area contributed by atoms with Crippen molar-refractivity contribution in [3.05, 3.63) is 23.8 Å². The van der Waals surface area contributed by atoms with Gasteiger partial charge in [-0.3, -0.25) is 4.79 Å². The average Bonchev–Trinajstić information content (AvgIpc) is 2.36. The monoisotopic (exact) mass is 311 g/mol. The van der Waals surface area contributed by atoms with Gasteiger partial charge in [0, 0.05) is 16.2 Å². The van der Waals surface area contributed by atoms with Crippen LogP contribution in [0, 0.1) is 11.3 Å². The molecule has 20 heavy (non-hydrogen) atoms. The van der Waals surface area contributed by atoms with Gasteiger partial charge >= 0.3 is 11.9 Å². The molecule has 1 unspecified atom stereocenters. The highest BCUT2D eigenvalue weighted by molar-refractivity contribution is 7.81. The van der Waals surface area contributed by atoms with Gasteiger partial charge in [0.25, 0.3) is 0 Å². The first kappa shape index (κ1) is 16.4. The quantitative estimate of drug-likeness (QED) is 0.574. The SMILES string of the molecule is CC(C#N)(CCC(=O)O)OC(=O)c1ccc(S)cc1S. The van der Waals surface area contributed by atoms with Crippen LogP contribution in [0.2, 0.25) is 0 Å². The van der Waals surface area contributed by atoms with Crippen LogP contribution in [0.25, 0.3) is 0 Å². The minimum absolute atomic E-state index is 0.0862. The number of nitrogens with zero attached hydrogens (tertiary/aromatic N) is 1. The van der Waals surface area contributed by atoms with Crippen molar-refractivity contribution in [2.45, 2.75) is 35.2 Å². The summed E-state index contributed by atoms with van der Waals surface area (Å²) in [4.78, 5) is 23.6. The fourth-order valence-corrected chi connectivity index (χ4v) is 2.04. The summed E-state index contributed by atoms with van der Waals surface area (Å²) in [5.41, 5.74) is -1.29. The number of nitriles is 1. The van der Waals surface area contributed by atoms with Crippen molar-refractivity contribution < 1.29 is 19.4 Å². The number of carboxylic acids is 1. The Balaban J connectivity index is 2.87. The topological polar surface area (TPSA) is 87.4 Å². The molecule has 0 fully saturated rings. The molecule has 0 aromatic heterocycles. The number of rotatable bonds is 5. The molecule has 0 spiro atoms. The number of aliphatic carboxylic acids is 1. The van der Waals surface area contributed by atoms with Crippen LogP contribution in [0.15, 0.2) is 28.0 Å². The summed E-state index contributed by atoms with van der Waals surface area (Å²) in [6.45, 7) is 1.37. The maximum atomic E-state index is 12.0. The van der Waals surface area contributed by atoms with Crippen LogP contribution in [-0.4, -0.2) is 22.6 Å². The summed E-state index contributed by atoms with van der Waals surface area (Å²) in [6.07, 6.45) is -0.349. The van der Waals surface area contributed by atoms with Crippen molar-refractivity contribution in [1.82, 2.24) is 0 Å². The standard InChI is InChI=1S/C13H13NO4S2/c1-13(7-14,5-4-11(15)16)18-12(17)9-3-2-8(19)6-10(9)20/h2-3,6,19-20H,4-5H2,1H3,(H,15,16). The van der Waals surface area contributed by atoms with Crippen molar-refractivity contribution in [3.63, 3.8) is 0 Å². The van der Waals surface area contributed by atoms with Crippen LogP contribution >= 0.6 is 25.3 Å². The second kappa shape index (κ2) is 6.68. The van der Waals surface area contributed by atoms with E-state index < -0.39 is 17.5 Å². The van der Waals surface area contributed by atoms with E-state index in [4.69, 9.17) is 15.1 Å². The Kier molecular flexibility index (Phi) is 5.48. The van der Waals surface area contributed by atoms with Crippen molar-refractivity contribution in [3.8, 4) is 6.07 Å². The molecule has 5 nitrogen and oxygen atoms in total. The van der Waals surface area contributed by atoms with Crippen LogP contribution in [0.4, 0.5) is 0 Å². The molecule has 0 aliphatic carbocycles. The fourth-order valence-electron chi connectivity index (χ4n) is 1.43. The molecule has 1 N–H and O–H groups in total. The third-order valence-electron chi connectivity index (χ3n) is 2.57. The Morgan fingerprint density at radius 3 is 2.60 bits per heavy atom. The lowest BCUT2D eigenvalue weighted by Crippen LogP contribution is -2.31. The number of thiol groups is 2. The first-order chi connectivity index (χ1) is 9.27. The Hall–Kier alpha value is -1.65. The van der Waals surface area contributed by atoms with E-state index in [1.165, 1.54) is 13.0 Å². The van der Waals surface area contributed by atoms with Gasteiger partial charge in [0.15, 0.2) is 5.60 Å². The van der Waals surface area contributed by atoms with E-state index in [2.05, 4.69) is 25.3 Å². The molecule has 1 aromatic carbocycles. The molecule has 0 amide bonds. The molecule has 0 aliphatic rings. The molecular weight excluding hydrogens is 298 g/mol. The number of hydrogen-bond acceptors (Lipinski definition) is 6. The maximum absolute atomic E-state index is 12.0. The summed E-state index contributed by atoms with van der Waals surface area (Å²) in [6, 6.07) is 6.48. The van der Waals surface area contributed by atoms with Gasteiger partial charge in [-0.25, -0.2) is 4.79 Å². The van der Waals surface area contributed by atoms with Crippen LogP contribution < -0.4 is 0 Å². The van der Waals surface area contributed by atoms with Gasteiger partial charge in [0.05, 0.1) is 12.0 Å². The van der Waals surface area contributed by atoms with Gasteiger partial charge in [-0.1, -0.05) is 0 Å². The first-order valence-electron chi connectivity index (χ1n) is 5.66. The van der Waals surface area contributed by atoms with Gasteiger partial charge in [-0.15, -0.1) is 25.3 Å². The summed E-state index contributed by atoms with van der Waals surface area (Å²) in [5, 5.41) is 17.7. The third kappa shape index (κ3) is 4.47. The van der Waals surface area contributed by atoms with Gasteiger partial charge in [0.2, 0.25) is 0 Å². The summed E-state index contributed by atoms with van der Waals surface area (Å²) in [7, 11) is 0. The zero-order chi connectivity index (χ0) is 15.3. The molecule has 0 radical (unpaired) electrons. The average molecular weight is 311 g/mol. The Labute approximate surface area is 127 Å². The predicted molar refractivity (Wildman–Crippen MR) is 77.2 cm³/mol. The summed E-state index contributed by atoms with van der Waals surface area (Å²) in [5.74, 6) is -1.78. The predicted octanol–water partition coefficient (Wildman–Crippen LogP) is 2.57. The molecule has 1 aromatic rings. The fraction of sp³-hybridized carbons (Fsp3) is 0.308. The number of hydrogen-bond donors (Lipinski definition) is 3. The Bertz CT molecular complexity index is 582. The second-order valence-electron chi connectivity index (χ2n) is 4.33. The molecular formula is C13H13NO4S2. The number of esters is 1. The van der Waals surface area contributed by atoms with Crippen LogP contribution in [0.3, 0.4) is 0 Å².